The highest BCUT2D eigenvalue weighted by molar-refractivity contribution is 5.25. The molecule has 0 aliphatic carbocycles. The van der Waals surface area contributed by atoms with Gasteiger partial charge in [0.2, 0.25) is 0 Å². The molecule has 2 N–H and O–H groups in total. The van der Waals surface area contributed by atoms with Gasteiger partial charge in [0, 0.05) is 13.1 Å². The second-order valence-corrected chi connectivity index (χ2v) is 6.48. The Morgan fingerprint density at radius 3 is 2.47 bits per heavy atom. The van der Waals surface area contributed by atoms with Crippen LogP contribution in [0.15, 0.2) is 30.3 Å². The SMILES string of the molecule is CNC(CO)(CN1CCC(C)(C)C1)c1ccccc1. The van der Waals surface area contributed by atoms with Crippen molar-refractivity contribution >= 4 is 0 Å². The van der Waals surface area contributed by atoms with Gasteiger partial charge in [0.1, 0.15) is 0 Å². The molecule has 0 radical (unpaired) electrons. The molecule has 0 saturated carbocycles. The van der Waals surface area contributed by atoms with Gasteiger partial charge in [0.05, 0.1) is 12.1 Å². The Bertz CT molecular complexity index is 398. The number of likely N-dealkylation sites (N-methyl/N-ethyl adjacent to an activating group) is 1. The second-order valence-electron chi connectivity index (χ2n) is 6.48. The maximum absolute atomic E-state index is 9.93. The smallest absolute Gasteiger partial charge is 0.0795 e. The third-order valence-corrected chi connectivity index (χ3v) is 4.32. The van der Waals surface area contributed by atoms with Crippen molar-refractivity contribution in [2.24, 2.45) is 5.41 Å². The molecule has 2 rings (SSSR count). The Morgan fingerprint density at radius 1 is 1.32 bits per heavy atom. The van der Waals surface area contributed by atoms with E-state index in [2.05, 4.69) is 36.2 Å². The Labute approximate surface area is 116 Å². The molecular weight excluding hydrogens is 236 g/mol. The molecule has 0 amide bonds. The van der Waals surface area contributed by atoms with Crippen LogP contribution in [-0.2, 0) is 5.54 Å². The molecular formula is C16H26N2O. The average molecular weight is 262 g/mol. The molecule has 3 nitrogen and oxygen atoms in total. The predicted molar refractivity (Wildman–Crippen MR) is 79.1 cm³/mol. The lowest BCUT2D eigenvalue weighted by atomic mass is 9.89. The zero-order chi connectivity index (χ0) is 13.9. The van der Waals surface area contributed by atoms with Crippen LogP contribution < -0.4 is 5.32 Å². The van der Waals surface area contributed by atoms with E-state index in [9.17, 15) is 5.11 Å². The van der Waals surface area contributed by atoms with Gasteiger partial charge >= 0.3 is 0 Å². The van der Waals surface area contributed by atoms with Crippen LogP contribution in [0.2, 0.25) is 0 Å². The minimum atomic E-state index is -0.359. The van der Waals surface area contributed by atoms with Gasteiger partial charge in [0.25, 0.3) is 0 Å². The summed E-state index contributed by atoms with van der Waals surface area (Å²) >= 11 is 0. The number of aliphatic hydroxyl groups is 1. The summed E-state index contributed by atoms with van der Waals surface area (Å²) in [5.41, 5.74) is 1.19. The highest BCUT2D eigenvalue weighted by Gasteiger charge is 2.36. The van der Waals surface area contributed by atoms with Crippen LogP contribution >= 0.6 is 0 Å². The number of aliphatic hydroxyl groups excluding tert-OH is 1. The van der Waals surface area contributed by atoms with Gasteiger partial charge in [-0.15, -0.1) is 0 Å². The quantitative estimate of drug-likeness (QED) is 0.850. The van der Waals surface area contributed by atoms with Gasteiger partial charge in [-0.2, -0.15) is 0 Å². The molecule has 0 bridgehead atoms. The summed E-state index contributed by atoms with van der Waals surface area (Å²) in [5, 5.41) is 13.3. The van der Waals surface area contributed by atoms with E-state index in [0.717, 1.165) is 25.2 Å². The summed E-state index contributed by atoms with van der Waals surface area (Å²) < 4.78 is 0. The predicted octanol–water partition coefficient (Wildman–Crippen LogP) is 1.83. The average Bonchev–Trinajstić information content (AvgIpc) is 2.76. The molecule has 1 saturated heterocycles. The van der Waals surface area contributed by atoms with Crippen molar-refractivity contribution < 1.29 is 5.11 Å². The van der Waals surface area contributed by atoms with Crippen molar-refractivity contribution in [3.8, 4) is 0 Å². The van der Waals surface area contributed by atoms with Gasteiger partial charge in [-0.3, -0.25) is 0 Å². The monoisotopic (exact) mass is 262 g/mol. The van der Waals surface area contributed by atoms with Crippen molar-refractivity contribution in [1.29, 1.82) is 0 Å². The topological polar surface area (TPSA) is 35.5 Å². The van der Waals surface area contributed by atoms with Crippen LogP contribution in [0.4, 0.5) is 0 Å². The van der Waals surface area contributed by atoms with Gasteiger partial charge in [-0.1, -0.05) is 44.2 Å². The molecule has 1 heterocycles. The fourth-order valence-electron chi connectivity index (χ4n) is 3.03. The molecule has 1 aliphatic heterocycles. The number of hydrogen-bond acceptors (Lipinski definition) is 3. The van der Waals surface area contributed by atoms with Crippen molar-refractivity contribution in [2.45, 2.75) is 25.8 Å². The standard InChI is InChI=1S/C16H26N2O/c1-15(2)9-10-18(11-15)12-16(13-19,17-3)14-7-5-4-6-8-14/h4-8,17,19H,9-13H2,1-3H3. The molecule has 1 aliphatic rings. The van der Waals surface area contributed by atoms with Crippen LogP contribution in [0.1, 0.15) is 25.8 Å². The first-order valence-corrected chi connectivity index (χ1v) is 7.09. The first-order chi connectivity index (χ1) is 9.01. The van der Waals surface area contributed by atoms with E-state index >= 15 is 0 Å². The fourth-order valence-corrected chi connectivity index (χ4v) is 3.03. The Hall–Kier alpha value is -0.900. The molecule has 1 aromatic rings. The fraction of sp³-hybridized carbons (Fsp3) is 0.625. The minimum absolute atomic E-state index is 0.116. The number of rotatable bonds is 5. The van der Waals surface area contributed by atoms with Gasteiger partial charge in [0.15, 0.2) is 0 Å². The van der Waals surface area contributed by atoms with Gasteiger partial charge in [-0.05, 0) is 31.0 Å². The number of likely N-dealkylation sites (tertiary alicyclic amines) is 1. The highest BCUT2D eigenvalue weighted by atomic mass is 16.3. The van der Waals surface area contributed by atoms with Crippen LogP contribution in [-0.4, -0.2) is 43.3 Å². The van der Waals surface area contributed by atoms with E-state index < -0.39 is 0 Å². The zero-order valence-electron chi connectivity index (χ0n) is 12.3. The molecule has 106 valence electrons. The summed E-state index contributed by atoms with van der Waals surface area (Å²) in [6, 6.07) is 10.3. The summed E-state index contributed by atoms with van der Waals surface area (Å²) in [6.45, 7) is 7.81. The van der Waals surface area contributed by atoms with Crippen molar-refractivity contribution in [2.75, 3.05) is 33.3 Å². The Balaban J connectivity index is 2.17. The molecule has 1 aromatic carbocycles. The number of nitrogens with one attached hydrogen (secondary N) is 1. The first-order valence-electron chi connectivity index (χ1n) is 7.09. The van der Waals surface area contributed by atoms with Gasteiger partial charge < -0.3 is 15.3 Å². The summed E-state index contributed by atoms with van der Waals surface area (Å²) in [7, 11) is 1.93. The minimum Gasteiger partial charge on any atom is -0.394 e. The number of hydrogen-bond donors (Lipinski definition) is 2. The molecule has 0 spiro atoms. The maximum atomic E-state index is 9.93. The lowest BCUT2D eigenvalue weighted by Crippen LogP contribution is -2.52. The molecule has 3 heteroatoms. The zero-order valence-corrected chi connectivity index (χ0v) is 12.3. The van der Waals surface area contributed by atoms with Crippen LogP contribution in [0.3, 0.4) is 0 Å². The van der Waals surface area contributed by atoms with Crippen LogP contribution in [0, 0.1) is 5.41 Å². The van der Waals surface area contributed by atoms with E-state index in [1.807, 2.05) is 25.2 Å². The van der Waals surface area contributed by atoms with E-state index in [4.69, 9.17) is 0 Å². The first kappa shape index (κ1) is 14.5. The van der Waals surface area contributed by atoms with E-state index in [1.165, 1.54) is 6.42 Å². The lowest BCUT2D eigenvalue weighted by molar-refractivity contribution is 0.119. The lowest BCUT2D eigenvalue weighted by Gasteiger charge is -2.36. The molecule has 19 heavy (non-hydrogen) atoms. The van der Waals surface area contributed by atoms with E-state index in [1.54, 1.807) is 0 Å². The maximum Gasteiger partial charge on any atom is 0.0795 e. The summed E-state index contributed by atoms with van der Waals surface area (Å²) in [6.07, 6.45) is 1.23. The molecule has 1 unspecified atom stereocenters. The van der Waals surface area contributed by atoms with Crippen LogP contribution in [0.5, 0.6) is 0 Å². The van der Waals surface area contributed by atoms with E-state index in [0.29, 0.717) is 5.41 Å². The van der Waals surface area contributed by atoms with Crippen molar-refractivity contribution in [3.63, 3.8) is 0 Å². The third-order valence-electron chi connectivity index (χ3n) is 4.32. The largest absolute Gasteiger partial charge is 0.394 e. The van der Waals surface area contributed by atoms with Crippen molar-refractivity contribution in [3.05, 3.63) is 35.9 Å². The summed E-state index contributed by atoms with van der Waals surface area (Å²) in [5.74, 6) is 0. The Morgan fingerprint density at radius 2 is 2.00 bits per heavy atom. The van der Waals surface area contributed by atoms with Gasteiger partial charge in [-0.25, -0.2) is 0 Å². The second kappa shape index (κ2) is 5.61. The highest BCUT2D eigenvalue weighted by Crippen LogP contribution is 2.31. The number of benzene rings is 1. The summed E-state index contributed by atoms with van der Waals surface area (Å²) in [4.78, 5) is 2.46. The van der Waals surface area contributed by atoms with Crippen molar-refractivity contribution in [1.82, 2.24) is 10.2 Å². The van der Waals surface area contributed by atoms with E-state index in [-0.39, 0.29) is 12.1 Å². The molecule has 1 fully saturated rings. The molecule has 0 aromatic heterocycles. The number of nitrogens with zero attached hydrogens (tertiary/aromatic N) is 1. The van der Waals surface area contributed by atoms with Crippen LogP contribution in [0.25, 0.3) is 0 Å². The molecule has 1 atom stereocenters. The Kier molecular flexibility index (Phi) is 4.29. The normalized spacial score (nSPS) is 22.3. The third kappa shape index (κ3) is 3.16.